The van der Waals surface area contributed by atoms with Gasteiger partial charge in [-0.25, -0.2) is 14.5 Å². The number of aliphatic carboxylic acids is 1. The minimum atomic E-state index is -0.809. The van der Waals surface area contributed by atoms with Gasteiger partial charge in [-0.2, -0.15) is 0 Å². The lowest BCUT2D eigenvalue weighted by Crippen LogP contribution is -2.07. The van der Waals surface area contributed by atoms with E-state index in [-0.39, 0.29) is 6.42 Å². The molecule has 0 saturated heterocycles. The van der Waals surface area contributed by atoms with Gasteiger partial charge in [-0.15, -0.1) is 5.10 Å². The number of aryl methyl sites for hydroxylation is 2. The van der Waals surface area contributed by atoms with Crippen LogP contribution in [0.1, 0.15) is 23.4 Å². The van der Waals surface area contributed by atoms with E-state index >= 15 is 0 Å². The lowest BCUT2D eigenvalue weighted by Gasteiger charge is -2.09. The number of nitrogens with zero attached hydrogens (tertiary/aromatic N) is 4. The summed E-state index contributed by atoms with van der Waals surface area (Å²) in [6, 6.07) is 3.79. The molecule has 1 N–H and O–H groups in total. The third-order valence-corrected chi connectivity index (χ3v) is 3.48. The van der Waals surface area contributed by atoms with E-state index in [0.29, 0.717) is 12.1 Å². The van der Waals surface area contributed by atoms with Crippen LogP contribution in [0.2, 0.25) is 0 Å². The first-order valence-electron chi connectivity index (χ1n) is 6.39. The molecule has 3 aromatic heterocycles. The number of fused-ring (bicyclic) bond motifs is 3. The van der Waals surface area contributed by atoms with Gasteiger partial charge in [0, 0.05) is 24.0 Å². The van der Waals surface area contributed by atoms with Crippen molar-refractivity contribution in [2.75, 3.05) is 0 Å². The maximum absolute atomic E-state index is 10.7. The molecule has 0 saturated carbocycles. The summed E-state index contributed by atoms with van der Waals surface area (Å²) >= 11 is 0. The van der Waals surface area contributed by atoms with Crippen LogP contribution < -0.4 is 0 Å². The van der Waals surface area contributed by atoms with Crippen LogP contribution in [0.25, 0.3) is 16.7 Å². The van der Waals surface area contributed by atoms with Crippen LogP contribution in [0.5, 0.6) is 0 Å². The Morgan fingerprint density at radius 3 is 2.95 bits per heavy atom. The number of carboxylic acids is 1. The number of hydrogen-bond acceptors (Lipinski definition) is 4. The van der Waals surface area contributed by atoms with E-state index in [1.165, 1.54) is 0 Å². The fourth-order valence-electron chi connectivity index (χ4n) is 2.46. The molecule has 3 heterocycles. The van der Waals surface area contributed by atoms with Gasteiger partial charge < -0.3 is 5.11 Å². The number of hydrogen-bond donors (Lipinski definition) is 1. The first-order chi connectivity index (χ1) is 9.58. The molecule has 6 nitrogen and oxygen atoms in total. The quantitative estimate of drug-likeness (QED) is 0.786. The maximum Gasteiger partial charge on any atom is 0.303 e. The lowest BCUT2D eigenvalue weighted by molar-refractivity contribution is -0.136. The largest absolute Gasteiger partial charge is 0.481 e. The molecule has 0 atom stereocenters. The van der Waals surface area contributed by atoms with Crippen molar-refractivity contribution in [1.29, 1.82) is 0 Å². The first-order valence-corrected chi connectivity index (χ1v) is 6.39. The van der Waals surface area contributed by atoms with E-state index in [4.69, 9.17) is 5.11 Å². The number of carboxylic acid groups (broad SMARTS) is 1. The molecule has 0 amide bonds. The SMILES string of the molecule is Cc1nc2c3cccnc3nn2c(C)c1CCC(=O)O. The van der Waals surface area contributed by atoms with Gasteiger partial charge in [-0.1, -0.05) is 0 Å². The van der Waals surface area contributed by atoms with E-state index in [2.05, 4.69) is 15.1 Å². The first kappa shape index (κ1) is 12.5. The second-order valence-corrected chi connectivity index (χ2v) is 4.76. The van der Waals surface area contributed by atoms with Crippen molar-refractivity contribution >= 4 is 22.6 Å². The van der Waals surface area contributed by atoms with Crippen LogP contribution in [0, 0.1) is 13.8 Å². The lowest BCUT2D eigenvalue weighted by atomic mass is 10.1. The van der Waals surface area contributed by atoms with Crippen LogP contribution in [-0.2, 0) is 11.2 Å². The van der Waals surface area contributed by atoms with Crippen molar-refractivity contribution in [3.63, 3.8) is 0 Å². The summed E-state index contributed by atoms with van der Waals surface area (Å²) in [4.78, 5) is 19.5. The summed E-state index contributed by atoms with van der Waals surface area (Å²) in [5.41, 5.74) is 4.13. The average molecular weight is 270 g/mol. The molecule has 0 fully saturated rings. The van der Waals surface area contributed by atoms with Gasteiger partial charge in [0.1, 0.15) is 0 Å². The summed E-state index contributed by atoms with van der Waals surface area (Å²) in [5.74, 6) is -0.809. The van der Waals surface area contributed by atoms with E-state index < -0.39 is 5.97 Å². The van der Waals surface area contributed by atoms with Gasteiger partial charge in [0.25, 0.3) is 0 Å². The zero-order valence-corrected chi connectivity index (χ0v) is 11.3. The van der Waals surface area contributed by atoms with Gasteiger partial charge in [0.05, 0.1) is 5.39 Å². The van der Waals surface area contributed by atoms with Crippen molar-refractivity contribution in [3.8, 4) is 0 Å². The zero-order chi connectivity index (χ0) is 14.3. The monoisotopic (exact) mass is 270 g/mol. The Hall–Kier alpha value is -2.50. The Labute approximate surface area is 115 Å². The predicted molar refractivity (Wildman–Crippen MR) is 73.7 cm³/mol. The second-order valence-electron chi connectivity index (χ2n) is 4.76. The summed E-state index contributed by atoms with van der Waals surface area (Å²) in [7, 11) is 0. The topological polar surface area (TPSA) is 80.4 Å². The summed E-state index contributed by atoms with van der Waals surface area (Å²) < 4.78 is 1.75. The van der Waals surface area contributed by atoms with Crippen LogP contribution >= 0.6 is 0 Å². The Balaban J connectivity index is 2.24. The molecule has 0 aliphatic heterocycles. The molecule has 20 heavy (non-hydrogen) atoms. The molecule has 0 bridgehead atoms. The molecule has 102 valence electrons. The molecule has 0 aromatic carbocycles. The van der Waals surface area contributed by atoms with Gasteiger partial charge in [-0.05, 0) is 38.0 Å². The molecule has 0 unspecified atom stereocenters. The van der Waals surface area contributed by atoms with Crippen LogP contribution in [0.4, 0.5) is 0 Å². The summed E-state index contributed by atoms with van der Waals surface area (Å²) in [6.45, 7) is 3.84. The van der Waals surface area contributed by atoms with Crippen molar-refractivity contribution in [3.05, 3.63) is 35.3 Å². The fraction of sp³-hybridized carbons (Fsp3) is 0.286. The Morgan fingerprint density at radius 2 is 2.20 bits per heavy atom. The highest BCUT2D eigenvalue weighted by molar-refractivity contribution is 5.89. The van der Waals surface area contributed by atoms with Crippen LogP contribution in [0.3, 0.4) is 0 Å². The molecule has 0 aliphatic carbocycles. The second kappa shape index (κ2) is 4.56. The highest BCUT2D eigenvalue weighted by atomic mass is 16.4. The third-order valence-electron chi connectivity index (χ3n) is 3.48. The zero-order valence-electron chi connectivity index (χ0n) is 11.3. The third kappa shape index (κ3) is 1.89. The molecular weight excluding hydrogens is 256 g/mol. The smallest absolute Gasteiger partial charge is 0.303 e. The number of pyridine rings is 1. The van der Waals surface area contributed by atoms with Gasteiger partial charge in [0.2, 0.25) is 0 Å². The van der Waals surface area contributed by atoms with E-state index in [1.807, 2.05) is 26.0 Å². The minimum absolute atomic E-state index is 0.0912. The van der Waals surface area contributed by atoms with Crippen molar-refractivity contribution in [1.82, 2.24) is 19.6 Å². The highest BCUT2D eigenvalue weighted by Gasteiger charge is 2.14. The molecule has 6 heteroatoms. The minimum Gasteiger partial charge on any atom is -0.481 e. The number of rotatable bonds is 3. The van der Waals surface area contributed by atoms with Gasteiger partial charge in [0.15, 0.2) is 11.3 Å². The van der Waals surface area contributed by atoms with Gasteiger partial charge >= 0.3 is 5.97 Å². The highest BCUT2D eigenvalue weighted by Crippen LogP contribution is 2.21. The van der Waals surface area contributed by atoms with Crippen molar-refractivity contribution < 1.29 is 9.90 Å². The molecule has 0 radical (unpaired) electrons. The normalized spacial score (nSPS) is 11.3. The van der Waals surface area contributed by atoms with E-state index in [1.54, 1.807) is 10.7 Å². The van der Waals surface area contributed by atoms with E-state index in [9.17, 15) is 4.79 Å². The fourth-order valence-corrected chi connectivity index (χ4v) is 2.46. The standard InChI is InChI=1S/C14H14N4O2/c1-8-10(5-6-12(19)20)9(2)18-14(16-8)11-4-3-7-15-13(11)17-18/h3-4,7H,5-6H2,1-2H3,(H,19,20). The van der Waals surface area contributed by atoms with Crippen molar-refractivity contribution in [2.45, 2.75) is 26.7 Å². The molecule has 3 rings (SSSR count). The summed E-state index contributed by atoms with van der Waals surface area (Å²) in [6.07, 6.45) is 2.25. The number of carbonyl (C=O) groups is 1. The Bertz CT molecular complexity index is 823. The van der Waals surface area contributed by atoms with E-state index in [0.717, 1.165) is 28.0 Å². The molecule has 0 aliphatic rings. The Morgan fingerprint density at radius 1 is 1.40 bits per heavy atom. The molecular formula is C14H14N4O2. The Kier molecular flexibility index (Phi) is 2.85. The summed E-state index contributed by atoms with van der Waals surface area (Å²) in [5, 5.41) is 14.2. The van der Waals surface area contributed by atoms with Crippen LogP contribution in [-0.4, -0.2) is 30.7 Å². The average Bonchev–Trinajstić information content (AvgIpc) is 2.77. The maximum atomic E-state index is 10.7. The van der Waals surface area contributed by atoms with Crippen LogP contribution in [0.15, 0.2) is 18.3 Å². The van der Waals surface area contributed by atoms with Gasteiger partial charge in [-0.3, -0.25) is 4.79 Å². The molecule has 3 aromatic rings. The predicted octanol–water partition coefficient (Wildman–Crippen LogP) is 1.91. The van der Waals surface area contributed by atoms with Crippen molar-refractivity contribution in [2.24, 2.45) is 0 Å². The number of aromatic nitrogens is 4. The molecule has 0 spiro atoms.